The molecule has 1 saturated heterocycles. The molecule has 2 atom stereocenters. The highest BCUT2D eigenvalue weighted by Crippen LogP contribution is 2.15. The molecule has 22 heavy (non-hydrogen) atoms. The number of hydrogen-bond donors (Lipinski definition) is 2. The molecule has 2 aromatic rings. The molecule has 1 aromatic carbocycles. The number of rotatable bonds is 5. The largest absolute Gasteiger partial charge is 0.379 e. The summed E-state index contributed by atoms with van der Waals surface area (Å²) in [5, 5.41) is 2.99. The predicted octanol–water partition coefficient (Wildman–Crippen LogP) is 2.12. The van der Waals surface area contributed by atoms with Crippen LogP contribution in [0, 0.1) is 0 Å². The molecular weight excluding hydrogens is 280 g/mol. The molecule has 5 heteroatoms. The van der Waals surface area contributed by atoms with Crippen LogP contribution in [-0.2, 0) is 16.1 Å². The van der Waals surface area contributed by atoms with E-state index in [1.807, 2.05) is 30.3 Å². The molecule has 0 radical (unpaired) electrons. The maximum Gasteiger partial charge on any atom is 0.268 e. The first-order chi connectivity index (χ1) is 10.8. The number of carbonyl (C=O) groups is 1. The number of hydrogen-bond acceptors (Lipinski definition) is 3. The van der Waals surface area contributed by atoms with E-state index in [0.717, 1.165) is 12.0 Å². The zero-order chi connectivity index (χ0) is 15.2. The first kappa shape index (κ1) is 14.8. The van der Waals surface area contributed by atoms with Crippen LogP contribution in [0.5, 0.6) is 0 Å². The molecular formula is C17H20N2O3. The highest BCUT2D eigenvalue weighted by molar-refractivity contribution is 5.92. The van der Waals surface area contributed by atoms with Crippen LogP contribution in [0.1, 0.15) is 22.5 Å². The summed E-state index contributed by atoms with van der Waals surface area (Å²) in [6, 6.07) is 13.5. The monoisotopic (exact) mass is 300 g/mol. The second-order valence-electron chi connectivity index (χ2n) is 5.36. The summed E-state index contributed by atoms with van der Waals surface area (Å²) in [6.07, 6.45) is 2.48. The maximum atomic E-state index is 12.1. The summed E-state index contributed by atoms with van der Waals surface area (Å²) < 4.78 is 11.5. The normalized spacial score (nSPS) is 21.5. The van der Waals surface area contributed by atoms with Gasteiger partial charge < -0.3 is 19.8 Å². The predicted molar refractivity (Wildman–Crippen MR) is 82.5 cm³/mol. The molecule has 2 heterocycles. The van der Waals surface area contributed by atoms with E-state index in [1.54, 1.807) is 18.3 Å². The number of aromatic nitrogens is 1. The zero-order valence-electron chi connectivity index (χ0n) is 12.3. The van der Waals surface area contributed by atoms with E-state index in [-0.39, 0.29) is 18.1 Å². The maximum absolute atomic E-state index is 12.1. The second kappa shape index (κ2) is 7.24. The van der Waals surface area contributed by atoms with Gasteiger partial charge in [-0.2, -0.15) is 0 Å². The van der Waals surface area contributed by atoms with Gasteiger partial charge in [0.05, 0.1) is 25.4 Å². The number of amides is 1. The molecule has 5 nitrogen and oxygen atoms in total. The van der Waals surface area contributed by atoms with Crippen LogP contribution < -0.4 is 5.32 Å². The number of benzene rings is 1. The van der Waals surface area contributed by atoms with Crippen molar-refractivity contribution in [3.05, 3.63) is 59.9 Å². The summed E-state index contributed by atoms with van der Waals surface area (Å²) in [6.45, 7) is 1.68. The minimum absolute atomic E-state index is 0.0344. The third-order valence-electron chi connectivity index (χ3n) is 3.76. The molecule has 1 aliphatic rings. The Balaban J connectivity index is 1.57. The van der Waals surface area contributed by atoms with Gasteiger partial charge in [0.2, 0.25) is 0 Å². The molecule has 0 spiro atoms. The molecule has 0 unspecified atom stereocenters. The summed E-state index contributed by atoms with van der Waals surface area (Å²) in [5.41, 5.74) is 1.68. The lowest BCUT2D eigenvalue weighted by Crippen LogP contribution is -2.50. The van der Waals surface area contributed by atoms with Gasteiger partial charge in [-0.15, -0.1) is 0 Å². The Morgan fingerprint density at radius 1 is 1.27 bits per heavy atom. The molecule has 1 aromatic heterocycles. The van der Waals surface area contributed by atoms with Crippen molar-refractivity contribution < 1.29 is 14.3 Å². The SMILES string of the molecule is O=C(N[C@@H]1COCC[C@@H]1OCc1ccccc1)c1ccc[nH]1. The van der Waals surface area contributed by atoms with Crippen LogP contribution in [0.25, 0.3) is 0 Å². The van der Waals surface area contributed by atoms with Crippen LogP contribution in [0.4, 0.5) is 0 Å². The molecule has 0 saturated carbocycles. The van der Waals surface area contributed by atoms with E-state index in [9.17, 15) is 4.79 Å². The minimum Gasteiger partial charge on any atom is -0.379 e. The molecule has 3 rings (SSSR count). The average molecular weight is 300 g/mol. The van der Waals surface area contributed by atoms with Crippen molar-refractivity contribution in [2.24, 2.45) is 0 Å². The van der Waals surface area contributed by atoms with Crippen molar-refractivity contribution in [3.63, 3.8) is 0 Å². The molecule has 2 N–H and O–H groups in total. The summed E-state index contributed by atoms with van der Waals surface area (Å²) in [5.74, 6) is -0.131. The Hall–Kier alpha value is -2.11. The van der Waals surface area contributed by atoms with Crippen LogP contribution in [0.15, 0.2) is 48.7 Å². The summed E-state index contributed by atoms with van der Waals surface area (Å²) >= 11 is 0. The van der Waals surface area contributed by atoms with Gasteiger partial charge in [-0.3, -0.25) is 4.79 Å². The van der Waals surface area contributed by atoms with E-state index in [4.69, 9.17) is 9.47 Å². The fraction of sp³-hybridized carbons (Fsp3) is 0.353. The highest BCUT2D eigenvalue weighted by atomic mass is 16.5. The fourth-order valence-corrected chi connectivity index (χ4v) is 2.55. The van der Waals surface area contributed by atoms with E-state index < -0.39 is 0 Å². The van der Waals surface area contributed by atoms with Crippen molar-refractivity contribution in [1.82, 2.24) is 10.3 Å². The van der Waals surface area contributed by atoms with Crippen LogP contribution in [0.2, 0.25) is 0 Å². The Kier molecular flexibility index (Phi) is 4.88. The van der Waals surface area contributed by atoms with Crippen LogP contribution >= 0.6 is 0 Å². The third-order valence-corrected chi connectivity index (χ3v) is 3.76. The highest BCUT2D eigenvalue weighted by Gasteiger charge is 2.28. The lowest BCUT2D eigenvalue weighted by atomic mass is 10.1. The number of aromatic amines is 1. The minimum atomic E-state index is -0.131. The van der Waals surface area contributed by atoms with Crippen LogP contribution in [0.3, 0.4) is 0 Å². The van der Waals surface area contributed by atoms with E-state index >= 15 is 0 Å². The average Bonchev–Trinajstić information content (AvgIpc) is 3.10. The fourth-order valence-electron chi connectivity index (χ4n) is 2.55. The number of nitrogens with one attached hydrogen (secondary N) is 2. The van der Waals surface area contributed by atoms with Gasteiger partial charge in [-0.1, -0.05) is 30.3 Å². The van der Waals surface area contributed by atoms with Gasteiger partial charge in [0.1, 0.15) is 5.69 Å². The van der Waals surface area contributed by atoms with Gasteiger partial charge in [-0.05, 0) is 24.1 Å². The Labute approximate surface area is 129 Å². The quantitative estimate of drug-likeness (QED) is 0.889. The molecule has 116 valence electrons. The lowest BCUT2D eigenvalue weighted by molar-refractivity contribution is -0.0605. The second-order valence-corrected chi connectivity index (χ2v) is 5.36. The number of carbonyl (C=O) groups excluding carboxylic acids is 1. The first-order valence-corrected chi connectivity index (χ1v) is 7.50. The van der Waals surface area contributed by atoms with Gasteiger partial charge in [0.15, 0.2) is 0 Å². The van der Waals surface area contributed by atoms with Crippen molar-refractivity contribution in [2.75, 3.05) is 13.2 Å². The standard InChI is InChI=1S/C17H20N2O3/c20-17(14-7-4-9-18-14)19-15-12-21-10-8-16(15)22-11-13-5-2-1-3-6-13/h1-7,9,15-16,18H,8,10-12H2,(H,19,20)/t15-,16+/m1/s1. The molecule has 0 bridgehead atoms. The summed E-state index contributed by atoms with van der Waals surface area (Å²) in [7, 11) is 0. The molecule has 1 aliphatic heterocycles. The third kappa shape index (κ3) is 3.75. The van der Waals surface area contributed by atoms with Crippen molar-refractivity contribution in [3.8, 4) is 0 Å². The smallest absolute Gasteiger partial charge is 0.268 e. The zero-order valence-corrected chi connectivity index (χ0v) is 12.3. The van der Waals surface area contributed by atoms with E-state index in [0.29, 0.717) is 25.5 Å². The number of H-pyrrole nitrogens is 1. The van der Waals surface area contributed by atoms with Crippen molar-refractivity contribution >= 4 is 5.91 Å². The molecule has 0 aliphatic carbocycles. The summed E-state index contributed by atoms with van der Waals surface area (Å²) in [4.78, 5) is 15.0. The van der Waals surface area contributed by atoms with Crippen LogP contribution in [-0.4, -0.2) is 36.3 Å². The molecule has 1 fully saturated rings. The lowest BCUT2D eigenvalue weighted by Gasteiger charge is -2.32. The topological polar surface area (TPSA) is 63.4 Å². The van der Waals surface area contributed by atoms with Crippen molar-refractivity contribution in [1.29, 1.82) is 0 Å². The van der Waals surface area contributed by atoms with Gasteiger partial charge in [-0.25, -0.2) is 0 Å². The Morgan fingerprint density at radius 3 is 2.91 bits per heavy atom. The first-order valence-electron chi connectivity index (χ1n) is 7.50. The van der Waals surface area contributed by atoms with Gasteiger partial charge in [0, 0.05) is 12.8 Å². The van der Waals surface area contributed by atoms with Gasteiger partial charge in [0.25, 0.3) is 5.91 Å². The van der Waals surface area contributed by atoms with E-state index in [2.05, 4.69) is 10.3 Å². The van der Waals surface area contributed by atoms with Gasteiger partial charge >= 0.3 is 0 Å². The van der Waals surface area contributed by atoms with Crippen molar-refractivity contribution in [2.45, 2.75) is 25.2 Å². The Bertz CT molecular complexity index is 583. The van der Waals surface area contributed by atoms with E-state index in [1.165, 1.54) is 0 Å². The Morgan fingerprint density at radius 2 is 2.14 bits per heavy atom. The molecule has 1 amide bonds. The number of ether oxygens (including phenoxy) is 2.